The summed E-state index contributed by atoms with van der Waals surface area (Å²) in [5.41, 5.74) is 2.23. The van der Waals surface area contributed by atoms with E-state index in [1.165, 1.54) is 12.1 Å². The van der Waals surface area contributed by atoms with E-state index in [1.54, 1.807) is 12.1 Å². The van der Waals surface area contributed by atoms with Crippen molar-refractivity contribution in [1.82, 2.24) is 0 Å². The molecular formula is C15H13O3-. The second kappa shape index (κ2) is 5.36. The molecule has 0 saturated carbocycles. The number of carboxylic acid groups (broad SMARTS) is 1. The average molecular weight is 241 g/mol. The minimum atomic E-state index is -1.17. The zero-order chi connectivity index (χ0) is 13.0. The molecule has 0 aliphatic carbocycles. The van der Waals surface area contributed by atoms with E-state index >= 15 is 0 Å². The summed E-state index contributed by atoms with van der Waals surface area (Å²) in [6.45, 7) is 2.41. The van der Waals surface area contributed by atoms with E-state index in [2.05, 4.69) is 0 Å². The van der Waals surface area contributed by atoms with Gasteiger partial charge in [0.25, 0.3) is 0 Å². The Hall–Kier alpha value is -2.29. The lowest BCUT2D eigenvalue weighted by Crippen LogP contribution is -2.22. The van der Waals surface area contributed by atoms with Crippen LogP contribution in [-0.4, -0.2) is 5.97 Å². The Kier molecular flexibility index (Phi) is 3.63. The Balaban J connectivity index is 2.00. The SMILES string of the molecule is Cc1cccc(OCc2ccc(C(=O)[O-])cc2)c1. The number of carbonyl (C=O) groups is 1. The normalized spacial score (nSPS) is 10.1. The van der Waals surface area contributed by atoms with Gasteiger partial charge in [-0.25, -0.2) is 0 Å². The third kappa shape index (κ3) is 3.10. The van der Waals surface area contributed by atoms with Crippen LogP contribution in [-0.2, 0) is 6.61 Å². The predicted molar refractivity (Wildman–Crippen MR) is 66.3 cm³/mol. The van der Waals surface area contributed by atoms with Gasteiger partial charge < -0.3 is 14.6 Å². The van der Waals surface area contributed by atoms with Crippen LogP contribution in [0, 0.1) is 6.92 Å². The highest BCUT2D eigenvalue weighted by Crippen LogP contribution is 2.14. The van der Waals surface area contributed by atoms with E-state index in [0.717, 1.165) is 16.9 Å². The maximum absolute atomic E-state index is 10.6. The summed E-state index contributed by atoms with van der Waals surface area (Å²) in [6.07, 6.45) is 0. The molecule has 0 aliphatic heterocycles. The molecule has 0 heterocycles. The largest absolute Gasteiger partial charge is 0.545 e. The van der Waals surface area contributed by atoms with Crippen molar-refractivity contribution in [3.8, 4) is 5.75 Å². The summed E-state index contributed by atoms with van der Waals surface area (Å²) in [7, 11) is 0. The van der Waals surface area contributed by atoms with Crippen molar-refractivity contribution in [2.24, 2.45) is 0 Å². The monoisotopic (exact) mass is 241 g/mol. The lowest BCUT2D eigenvalue weighted by molar-refractivity contribution is -0.255. The van der Waals surface area contributed by atoms with Gasteiger partial charge in [0.15, 0.2) is 0 Å². The lowest BCUT2D eigenvalue weighted by Gasteiger charge is -2.08. The number of carboxylic acids is 1. The molecule has 92 valence electrons. The Morgan fingerprint density at radius 2 is 1.89 bits per heavy atom. The van der Waals surface area contributed by atoms with Crippen LogP contribution in [0.1, 0.15) is 21.5 Å². The molecule has 0 spiro atoms. The number of rotatable bonds is 4. The van der Waals surface area contributed by atoms with E-state index in [1.807, 2.05) is 31.2 Å². The van der Waals surface area contributed by atoms with Gasteiger partial charge in [-0.15, -0.1) is 0 Å². The maximum Gasteiger partial charge on any atom is 0.120 e. The summed E-state index contributed by atoms with van der Waals surface area (Å²) in [4.78, 5) is 10.6. The molecule has 0 aliphatic rings. The molecule has 18 heavy (non-hydrogen) atoms. The van der Waals surface area contributed by atoms with Gasteiger partial charge in [0.1, 0.15) is 12.4 Å². The van der Waals surface area contributed by atoms with Crippen LogP contribution >= 0.6 is 0 Å². The Morgan fingerprint density at radius 1 is 1.17 bits per heavy atom. The molecule has 2 aromatic rings. The van der Waals surface area contributed by atoms with E-state index in [-0.39, 0.29) is 5.56 Å². The average Bonchev–Trinajstić information content (AvgIpc) is 2.37. The number of benzene rings is 2. The second-order valence-electron chi connectivity index (χ2n) is 4.09. The van der Waals surface area contributed by atoms with Crippen LogP contribution in [0.25, 0.3) is 0 Å². The Labute approximate surface area is 106 Å². The molecule has 0 fully saturated rings. The molecule has 0 N–H and O–H groups in total. The van der Waals surface area contributed by atoms with Crippen LogP contribution < -0.4 is 9.84 Å². The first-order chi connectivity index (χ1) is 8.65. The topological polar surface area (TPSA) is 49.4 Å². The third-order valence-electron chi connectivity index (χ3n) is 2.58. The first-order valence-corrected chi connectivity index (χ1v) is 5.65. The van der Waals surface area contributed by atoms with E-state index in [4.69, 9.17) is 4.74 Å². The van der Waals surface area contributed by atoms with Crippen molar-refractivity contribution in [3.63, 3.8) is 0 Å². The molecule has 3 heteroatoms. The number of ether oxygens (including phenoxy) is 1. The molecule has 0 bridgehead atoms. The molecule has 0 radical (unpaired) electrons. The third-order valence-corrected chi connectivity index (χ3v) is 2.58. The van der Waals surface area contributed by atoms with Gasteiger partial charge in [0, 0.05) is 0 Å². The highest BCUT2D eigenvalue weighted by atomic mass is 16.5. The van der Waals surface area contributed by atoms with Crippen LogP contribution in [0.15, 0.2) is 48.5 Å². The zero-order valence-corrected chi connectivity index (χ0v) is 10.1. The molecular weight excluding hydrogens is 228 g/mol. The molecule has 0 unspecified atom stereocenters. The van der Waals surface area contributed by atoms with Gasteiger partial charge in [-0.3, -0.25) is 0 Å². The Morgan fingerprint density at radius 3 is 2.50 bits per heavy atom. The van der Waals surface area contributed by atoms with Crippen LogP contribution in [0.2, 0.25) is 0 Å². The van der Waals surface area contributed by atoms with Gasteiger partial charge >= 0.3 is 0 Å². The van der Waals surface area contributed by atoms with Gasteiger partial charge in [0.05, 0.1) is 5.97 Å². The number of aryl methyl sites for hydroxylation is 1. The first-order valence-electron chi connectivity index (χ1n) is 5.65. The van der Waals surface area contributed by atoms with Gasteiger partial charge in [0.2, 0.25) is 0 Å². The van der Waals surface area contributed by atoms with Crippen molar-refractivity contribution < 1.29 is 14.6 Å². The quantitative estimate of drug-likeness (QED) is 0.821. The van der Waals surface area contributed by atoms with Crippen molar-refractivity contribution in [3.05, 3.63) is 65.2 Å². The summed E-state index contributed by atoms with van der Waals surface area (Å²) in [6, 6.07) is 14.3. The van der Waals surface area contributed by atoms with Gasteiger partial charge in [-0.05, 0) is 35.7 Å². The zero-order valence-electron chi connectivity index (χ0n) is 10.1. The van der Waals surface area contributed by atoms with Crippen molar-refractivity contribution in [2.75, 3.05) is 0 Å². The fourth-order valence-corrected chi connectivity index (χ4v) is 1.61. The van der Waals surface area contributed by atoms with Crippen LogP contribution in [0.4, 0.5) is 0 Å². The number of hydrogen-bond donors (Lipinski definition) is 0. The summed E-state index contributed by atoms with van der Waals surface area (Å²) in [5, 5.41) is 10.6. The second-order valence-corrected chi connectivity index (χ2v) is 4.09. The highest BCUT2D eigenvalue weighted by molar-refractivity contribution is 5.85. The van der Waals surface area contributed by atoms with Crippen molar-refractivity contribution in [2.45, 2.75) is 13.5 Å². The lowest BCUT2D eigenvalue weighted by atomic mass is 10.1. The van der Waals surface area contributed by atoms with Crippen LogP contribution in [0.3, 0.4) is 0 Å². The molecule has 2 aromatic carbocycles. The van der Waals surface area contributed by atoms with Gasteiger partial charge in [-0.1, -0.05) is 36.4 Å². The number of carbonyl (C=O) groups excluding carboxylic acids is 1. The van der Waals surface area contributed by atoms with E-state index in [9.17, 15) is 9.90 Å². The fourth-order valence-electron chi connectivity index (χ4n) is 1.61. The predicted octanol–water partition coefficient (Wildman–Crippen LogP) is 1.94. The summed E-state index contributed by atoms with van der Waals surface area (Å²) >= 11 is 0. The maximum atomic E-state index is 10.6. The Bertz CT molecular complexity index is 544. The smallest absolute Gasteiger partial charge is 0.120 e. The van der Waals surface area contributed by atoms with E-state index in [0.29, 0.717) is 6.61 Å². The molecule has 0 amide bonds. The number of aromatic carboxylic acids is 1. The number of hydrogen-bond acceptors (Lipinski definition) is 3. The fraction of sp³-hybridized carbons (Fsp3) is 0.133. The highest BCUT2D eigenvalue weighted by Gasteiger charge is 1.98. The molecule has 2 rings (SSSR count). The summed E-state index contributed by atoms with van der Waals surface area (Å²) < 4.78 is 5.61. The molecule has 0 saturated heterocycles. The molecule has 0 aromatic heterocycles. The minimum Gasteiger partial charge on any atom is -0.545 e. The molecule has 0 atom stereocenters. The minimum absolute atomic E-state index is 0.175. The van der Waals surface area contributed by atoms with Gasteiger partial charge in [-0.2, -0.15) is 0 Å². The van der Waals surface area contributed by atoms with E-state index < -0.39 is 5.97 Å². The van der Waals surface area contributed by atoms with Crippen molar-refractivity contribution >= 4 is 5.97 Å². The standard InChI is InChI=1S/C15H14O3/c1-11-3-2-4-14(9-11)18-10-12-5-7-13(8-6-12)15(16)17/h2-9H,10H2,1H3,(H,16,17)/p-1. The van der Waals surface area contributed by atoms with Crippen LogP contribution in [0.5, 0.6) is 5.75 Å². The molecule has 3 nitrogen and oxygen atoms in total. The van der Waals surface area contributed by atoms with Crippen molar-refractivity contribution in [1.29, 1.82) is 0 Å². The first kappa shape index (κ1) is 12.2. The summed E-state index contributed by atoms with van der Waals surface area (Å²) in [5.74, 6) is -0.361.